The molecule has 2 atom stereocenters. The van der Waals surface area contributed by atoms with Crippen LogP contribution in [0.3, 0.4) is 0 Å². The Labute approximate surface area is 229 Å². The molecule has 14 heteroatoms. The maximum absolute atomic E-state index is 14.7. The number of nitrogens with one attached hydrogen (secondary N) is 1. The molecule has 1 fully saturated rings. The highest BCUT2D eigenvalue weighted by Crippen LogP contribution is 2.50. The number of halogens is 8. The second kappa shape index (κ2) is 10.6. The number of amides is 2. The van der Waals surface area contributed by atoms with Gasteiger partial charge in [0.15, 0.2) is 0 Å². The molecule has 4 rings (SSSR count). The first-order chi connectivity index (χ1) is 18.6. The number of likely N-dealkylation sites (tertiary alicyclic amines) is 1. The predicted molar refractivity (Wildman–Crippen MR) is 130 cm³/mol. The van der Waals surface area contributed by atoms with Crippen LogP contribution in [0, 0.1) is 12.7 Å². The lowest BCUT2D eigenvalue weighted by molar-refractivity contribution is -0.292. The van der Waals surface area contributed by atoms with Crippen molar-refractivity contribution in [2.75, 3.05) is 13.1 Å². The zero-order valence-corrected chi connectivity index (χ0v) is 21.9. The number of alkyl halides is 6. The Morgan fingerprint density at radius 2 is 1.90 bits per heavy atom. The molecule has 2 aliphatic rings. The highest BCUT2D eigenvalue weighted by Gasteiger charge is 2.62. The van der Waals surface area contributed by atoms with E-state index in [1.165, 1.54) is 18.2 Å². The normalized spacial score (nSPS) is 21.8. The van der Waals surface area contributed by atoms with Crippen LogP contribution in [-0.2, 0) is 21.4 Å². The van der Waals surface area contributed by atoms with E-state index in [4.69, 9.17) is 16.4 Å². The van der Waals surface area contributed by atoms with Gasteiger partial charge in [-0.3, -0.25) is 9.59 Å². The van der Waals surface area contributed by atoms with Crippen molar-refractivity contribution in [1.82, 2.24) is 10.2 Å². The molecule has 0 unspecified atom stereocenters. The molecule has 216 valence electrons. The van der Waals surface area contributed by atoms with Gasteiger partial charge in [-0.1, -0.05) is 22.8 Å². The fraction of sp³-hybridized carbons (Fsp3) is 0.423. The summed E-state index contributed by atoms with van der Waals surface area (Å²) in [6.07, 6.45) is -11.7. The summed E-state index contributed by atoms with van der Waals surface area (Å²) in [4.78, 5) is 31.1. The summed E-state index contributed by atoms with van der Waals surface area (Å²) in [5.74, 6) is -2.20. The molecule has 0 aromatic heterocycles. The van der Waals surface area contributed by atoms with Crippen molar-refractivity contribution in [1.29, 1.82) is 0 Å². The molecule has 40 heavy (non-hydrogen) atoms. The Balaban J connectivity index is 1.60. The number of nitrogens with zero attached hydrogens (tertiary/aromatic N) is 2. The Bertz CT molecular complexity index is 1380. The number of aryl methyl sites for hydroxylation is 1. The highest BCUT2D eigenvalue weighted by atomic mass is 35.5. The van der Waals surface area contributed by atoms with Gasteiger partial charge in [0.25, 0.3) is 11.5 Å². The standard InChI is InChI=1S/C26H23ClF7N3O3/c1-3-37-12-16(11-21(37)38)35-23(39)17-5-4-14(8-13(17)2)20-6-7-24(40-36-20,26(32,33)34)18-9-15(25(29,30)31)10-19(27)22(18)28/h4-5,8-10,16H,3,6-7,11-12H2,1-2H3,(H,35,39)/t16-,24+/m0/s1. The van der Waals surface area contributed by atoms with E-state index in [9.17, 15) is 40.3 Å². The van der Waals surface area contributed by atoms with Crippen molar-refractivity contribution in [2.24, 2.45) is 5.16 Å². The number of hydrogen-bond acceptors (Lipinski definition) is 4. The summed E-state index contributed by atoms with van der Waals surface area (Å²) >= 11 is 5.53. The topological polar surface area (TPSA) is 71.0 Å². The van der Waals surface area contributed by atoms with Gasteiger partial charge in [-0.25, -0.2) is 4.39 Å². The van der Waals surface area contributed by atoms with Gasteiger partial charge in [0, 0.05) is 37.1 Å². The SMILES string of the molecule is CCN1C[C@@H](NC(=O)c2ccc(C3=NO[C@](c4cc(C(F)(F)F)cc(Cl)c4F)(C(F)(F)F)CC3)cc2C)CC1=O. The number of oxime groups is 1. The third kappa shape index (κ3) is 5.48. The first kappa shape index (κ1) is 29.6. The lowest BCUT2D eigenvalue weighted by Crippen LogP contribution is -2.47. The lowest BCUT2D eigenvalue weighted by Gasteiger charge is -2.37. The van der Waals surface area contributed by atoms with Crippen molar-refractivity contribution in [3.8, 4) is 0 Å². The fourth-order valence-electron chi connectivity index (χ4n) is 4.83. The monoisotopic (exact) mass is 593 g/mol. The molecule has 0 radical (unpaired) electrons. The molecule has 2 aromatic rings. The number of rotatable bonds is 5. The summed E-state index contributed by atoms with van der Waals surface area (Å²) in [5, 5.41) is 5.20. The van der Waals surface area contributed by atoms with Gasteiger partial charge in [0.2, 0.25) is 5.91 Å². The second-order valence-corrected chi connectivity index (χ2v) is 10.0. The summed E-state index contributed by atoms with van der Waals surface area (Å²) in [5.41, 5.74) is -5.44. The second-order valence-electron chi connectivity index (χ2n) is 9.61. The smallest absolute Gasteiger partial charge is 0.374 e. The number of carbonyl (C=O) groups is 2. The number of benzene rings is 2. The predicted octanol–water partition coefficient (Wildman–Crippen LogP) is 6.13. The minimum atomic E-state index is -5.34. The summed E-state index contributed by atoms with van der Waals surface area (Å²) in [6.45, 7) is 4.32. The molecule has 0 aliphatic carbocycles. The molecule has 2 aromatic carbocycles. The van der Waals surface area contributed by atoms with Gasteiger partial charge in [-0.2, -0.15) is 26.3 Å². The highest BCUT2D eigenvalue weighted by molar-refractivity contribution is 6.30. The Morgan fingerprint density at radius 1 is 1.20 bits per heavy atom. The van der Waals surface area contributed by atoms with Gasteiger partial charge >= 0.3 is 12.4 Å². The molecule has 0 spiro atoms. The molecule has 2 amide bonds. The molecule has 0 saturated carbocycles. The van der Waals surface area contributed by atoms with Gasteiger partial charge in [-0.15, -0.1) is 0 Å². The third-order valence-corrected chi connectivity index (χ3v) is 7.28. The molecule has 2 aliphatic heterocycles. The van der Waals surface area contributed by atoms with Crippen molar-refractivity contribution in [3.63, 3.8) is 0 Å². The fourth-order valence-corrected chi connectivity index (χ4v) is 5.05. The quantitative estimate of drug-likeness (QED) is 0.424. The van der Waals surface area contributed by atoms with Crippen LogP contribution in [0.2, 0.25) is 5.02 Å². The van der Waals surface area contributed by atoms with Crippen LogP contribution < -0.4 is 5.32 Å². The zero-order valence-electron chi connectivity index (χ0n) is 21.1. The van der Waals surface area contributed by atoms with Gasteiger partial charge in [-0.05, 0) is 55.7 Å². The molecule has 6 nitrogen and oxygen atoms in total. The minimum Gasteiger partial charge on any atom is -0.374 e. The van der Waals surface area contributed by atoms with Gasteiger partial charge in [0.05, 0.1) is 22.3 Å². The number of carbonyl (C=O) groups excluding carboxylic acids is 2. The lowest BCUT2D eigenvalue weighted by atomic mass is 9.84. The van der Waals surface area contributed by atoms with Crippen molar-refractivity contribution >= 4 is 29.1 Å². The molecular weight excluding hydrogens is 571 g/mol. The molecule has 0 bridgehead atoms. The van der Waals surface area contributed by atoms with Crippen LogP contribution in [-0.4, -0.2) is 47.7 Å². The maximum atomic E-state index is 14.7. The van der Waals surface area contributed by atoms with Crippen molar-refractivity contribution < 1.29 is 45.2 Å². The largest absolute Gasteiger partial charge is 0.435 e. The van der Waals surface area contributed by atoms with Crippen LogP contribution in [0.4, 0.5) is 30.7 Å². The Hall–Kier alpha value is -3.35. The van der Waals surface area contributed by atoms with Crippen LogP contribution in [0.15, 0.2) is 35.5 Å². The summed E-state index contributed by atoms with van der Waals surface area (Å²) in [6, 6.07) is 4.24. The van der Waals surface area contributed by atoms with E-state index in [0.717, 1.165) is 0 Å². The van der Waals surface area contributed by atoms with Crippen molar-refractivity contribution in [2.45, 2.75) is 57.1 Å². The van der Waals surface area contributed by atoms with E-state index in [1.807, 2.05) is 6.92 Å². The van der Waals surface area contributed by atoms with E-state index in [0.29, 0.717) is 24.2 Å². The molecule has 1 N–H and O–H groups in total. The Kier molecular flexibility index (Phi) is 7.83. The van der Waals surface area contributed by atoms with E-state index in [-0.39, 0.29) is 41.8 Å². The Morgan fingerprint density at radius 3 is 2.42 bits per heavy atom. The van der Waals surface area contributed by atoms with E-state index in [2.05, 4.69) is 10.5 Å². The first-order valence-electron chi connectivity index (χ1n) is 12.2. The van der Waals surface area contributed by atoms with Crippen LogP contribution in [0.1, 0.15) is 58.8 Å². The summed E-state index contributed by atoms with van der Waals surface area (Å²) < 4.78 is 97.3. The first-order valence-corrected chi connectivity index (χ1v) is 12.5. The average molecular weight is 594 g/mol. The minimum absolute atomic E-state index is 0.0217. The van der Waals surface area contributed by atoms with Gasteiger partial charge < -0.3 is 15.1 Å². The number of likely N-dealkylation sites (N-methyl/N-ethyl adjacent to an activating group) is 1. The van der Waals surface area contributed by atoms with Gasteiger partial charge in [0.1, 0.15) is 5.82 Å². The maximum Gasteiger partial charge on any atom is 0.435 e. The zero-order chi connectivity index (χ0) is 29.6. The van der Waals surface area contributed by atoms with Crippen LogP contribution in [0.5, 0.6) is 0 Å². The van der Waals surface area contributed by atoms with E-state index in [1.54, 1.807) is 11.8 Å². The van der Waals surface area contributed by atoms with Crippen LogP contribution in [0.25, 0.3) is 0 Å². The summed E-state index contributed by atoms with van der Waals surface area (Å²) in [7, 11) is 0. The molecule has 1 saturated heterocycles. The average Bonchev–Trinajstić information content (AvgIpc) is 3.22. The number of hydrogen-bond donors (Lipinski definition) is 1. The van der Waals surface area contributed by atoms with E-state index < -0.39 is 58.7 Å². The molecular formula is C26H23ClF7N3O3. The van der Waals surface area contributed by atoms with Crippen LogP contribution >= 0.6 is 11.6 Å². The third-order valence-electron chi connectivity index (χ3n) is 7.01. The van der Waals surface area contributed by atoms with E-state index >= 15 is 0 Å². The molecule has 2 heterocycles. The van der Waals surface area contributed by atoms with Crippen molar-refractivity contribution in [3.05, 3.63) is 69.0 Å².